The lowest BCUT2D eigenvalue weighted by molar-refractivity contribution is -0.155. The van der Waals surface area contributed by atoms with Gasteiger partial charge in [0.15, 0.2) is 0 Å². The molecule has 7 nitrogen and oxygen atoms in total. The molecule has 3 aromatic rings. The van der Waals surface area contributed by atoms with Crippen LogP contribution in [0.4, 0.5) is 31.5 Å². The third-order valence-corrected chi connectivity index (χ3v) is 6.73. The Balaban J connectivity index is 1.82. The van der Waals surface area contributed by atoms with Gasteiger partial charge >= 0.3 is 12.4 Å². The van der Waals surface area contributed by atoms with Gasteiger partial charge < -0.3 is 4.52 Å². The maximum absolute atomic E-state index is 12.5. The number of hydrogen-bond acceptors (Lipinski definition) is 8. The first-order chi connectivity index (χ1) is 12.4. The highest BCUT2D eigenvalue weighted by Gasteiger charge is 2.37. The van der Waals surface area contributed by atoms with E-state index in [-0.39, 0.29) is 26.1 Å². The third kappa shape index (κ3) is 4.22. The molecule has 0 spiro atoms. The zero-order chi connectivity index (χ0) is 20.0. The number of hydrogen-bond donors (Lipinski definition) is 1. The smallest absolute Gasteiger partial charge is 0.351 e. The molecule has 0 aromatic carbocycles. The van der Waals surface area contributed by atoms with Gasteiger partial charge in [0, 0.05) is 6.07 Å². The Morgan fingerprint density at radius 2 is 1.70 bits per heavy atom. The molecular weight excluding hydrogens is 446 g/mol. The Morgan fingerprint density at radius 1 is 1.00 bits per heavy atom. The Bertz CT molecular complexity index is 1070. The van der Waals surface area contributed by atoms with Crippen LogP contribution in [0.15, 0.2) is 26.9 Å². The molecule has 0 aliphatic rings. The molecule has 0 saturated carbocycles. The van der Waals surface area contributed by atoms with E-state index < -0.39 is 38.3 Å². The number of nitrogens with zero attached hydrogens (tertiary/aromatic N) is 3. The van der Waals surface area contributed by atoms with Crippen molar-refractivity contribution in [1.82, 2.24) is 15.4 Å². The molecule has 3 heterocycles. The summed E-state index contributed by atoms with van der Waals surface area (Å²) in [5.41, 5.74) is -0.246. The monoisotopic (exact) mass is 450 g/mol. The first-order valence-electron chi connectivity index (χ1n) is 6.44. The maximum Gasteiger partial charge on any atom is 0.452 e. The summed E-state index contributed by atoms with van der Waals surface area (Å²) in [5.74, 6) is -1.36. The van der Waals surface area contributed by atoms with Gasteiger partial charge in [-0.2, -0.15) is 26.3 Å². The molecule has 0 atom stereocenters. The van der Waals surface area contributed by atoms with Gasteiger partial charge in [-0.05, 0) is 12.1 Å². The molecule has 0 fully saturated rings. The number of alkyl halides is 6. The molecule has 27 heavy (non-hydrogen) atoms. The number of anilines is 1. The summed E-state index contributed by atoms with van der Waals surface area (Å²) < 4.78 is 105. The molecule has 0 aliphatic heterocycles. The van der Waals surface area contributed by atoms with Crippen molar-refractivity contribution in [3.63, 3.8) is 0 Å². The lowest BCUT2D eigenvalue weighted by atomic mass is 10.3. The van der Waals surface area contributed by atoms with Crippen molar-refractivity contribution in [2.75, 3.05) is 4.72 Å². The molecule has 0 aliphatic carbocycles. The summed E-state index contributed by atoms with van der Waals surface area (Å²) in [6.45, 7) is 0. The van der Waals surface area contributed by atoms with Gasteiger partial charge in [-0.3, -0.25) is 4.72 Å². The number of sulfonamides is 1. The summed E-state index contributed by atoms with van der Waals surface area (Å²) in [4.78, 5) is 0.0443. The van der Waals surface area contributed by atoms with E-state index in [2.05, 4.69) is 19.9 Å². The van der Waals surface area contributed by atoms with Crippen LogP contribution in [0.25, 0.3) is 10.6 Å². The minimum atomic E-state index is -4.78. The molecule has 0 bridgehead atoms. The lowest BCUT2D eigenvalue weighted by Gasteiger charge is -2.01. The molecule has 3 aromatic heterocycles. The maximum atomic E-state index is 12.5. The van der Waals surface area contributed by atoms with Crippen LogP contribution >= 0.6 is 22.7 Å². The Kier molecular flexibility index (Phi) is 4.67. The van der Waals surface area contributed by atoms with Gasteiger partial charge in [0.2, 0.25) is 15.9 Å². The number of nitrogens with one attached hydrogen (secondary N) is 1. The standard InChI is InChI=1S/C11H4F6N4O3S3/c12-10(13,14)6-3-4(20-24-6)5-1-2-7(25-5)27(22,23)21-9-19-18-8(26-9)11(15,16)17/h1-3H,(H,19,21). The SMILES string of the molecule is O=S(=O)(Nc1nnc(C(F)(F)F)s1)c1ccc(-c2cc(C(F)(F)F)on2)s1. The van der Waals surface area contributed by atoms with Crippen molar-refractivity contribution >= 4 is 37.8 Å². The minimum absolute atomic E-state index is 0.0146. The predicted molar refractivity (Wildman–Crippen MR) is 80.5 cm³/mol. The van der Waals surface area contributed by atoms with Crippen molar-refractivity contribution in [1.29, 1.82) is 0 Å². The predicted octanol–water partition coefficient (Wildman–Crippen LogP) is 4.09. The Morgan fingerprint density at radius 3 is 2.26 bits per heavy atom. The van der Waals surface area contributed by atoms with Crippen LogP contribution in [0.2, 0.25) is 0 Å². The second kappa shape index (κ2) is 6.45. The third-order valence-electron chi connectivity index (χ3n) is 2.78. The van der Waals surface area contributed by atoms with E-state index in [9.17, 15) is 34.8 Å². The number of thiophene rings is 1. The molecule has 1 N–H and O–H groups in total. The zero-order valence-corrected chi connectivity index (χ0v) is 14.7. The van der Waals surface area contributed by atoms with E-state index in [0.29, 0.717) is 17.4 Å². The van der Waals surface area contributed by atoms with Crippen LogP contribution in [0, 0.1) is 0 Å². The second-order valence-electron chi connectivity index (χ2n) is 4.71. The molecule has 0 radical (unpaired) electrons. The van der Waals surface area contributed by atoms with Crippen molar-refractivity contribution in [3.05, 3.63) is 29.0 Å². The summed E-state index contributed by atoms with van der Waals surface area (Å²) in [6.07, 6.45) is -9.53. The Hall–Kier alpha value is -2.20. The van der Waals surface area contributed by atoms with Gasteiger partial charge in [0.05, 0.1) is 4.88 Å². The molecule has 16 heteroatoms. The van der Waals surface area contributed by atoms with Crippen LogP contribution in [-0.2, 0) is 22.4 Å². The van der Waals surface area contributed by atoms with Crippen LogP contribution in [0.3, 0.4) is 0 Å². The molecule has 146 valence electrons. The number of aromatic nitrogens is 3. The van der Waals surface area contributed by atoms with Gasteiger partial charge in [-0.1, -0.05) is 16.5 Å². The fourth-order valence-corrected chi connectivity index (χ4v) is 4.77. The quantitative estimate of drug-likeness (QED) is 0.602. The fourth-order valence-electron chi connectivity index (χ4n) is 1.67. The van der Waals surface area contributed by atoms with Crippen LogP contribution in [-0.4, -0.2) is 23.8 Å². The summed E-state index contributed by atoms with van der Waals surface area (Å²) >= 11 is 0.528. The first kappa shape index (κ1) is 19.6. The van der Waals surface area contributed by atoms with E-state index in [1.54, 1.807) is 0 Å². The summed E-state index contributed by atoms with van der Waals surface area (Å²) in [5, 5.41) is 7.20. The largest absolute Gasteiger partial charge is 0.452 e. The van der Waals surface area contributed by atoms with Crippen LogP contribution in [0.1, 0.15) is 10.8 Å². The van der Waals surface area contributed by atoms with Gasteiger partial charge in [-0.25, -0.2) is 8.42 Å². The fraction of sp³-hybridized carbons (Fsp3) is 0.182. The highest BCUT2D eigenvalue weighted by molar-refractivity contribution is 7.95. The molecular formula is C11H4F6N4O3S3. The highest BCUT2D eigenvalue weighted by Crippen LogP contribution is 2.37. The van der Waals surface area contributed by atoms with Crippen molar-refractivity contribution < 1.29 is 39.3 Å². The molecule has 0 amide bonds. The molecule has 0 saturated heterocycles. The van der Waals surface area contributed by atoms with E-state index in [4.69, 9.17) is 0 Å². The van der Waals surface area contributed by atoms with Crippen molar-refractivity contribution in [2.24, 2.45) is 0 Å². The van der Waals surface area contributed by atoms with Crippen molar-refractivity contribution in [2.45, 2.75) is 16.6 Å². The lowest BCUT2D eigenvalue weighted by Crippen LogP contribution is -2.11. The van der Waals surface area contributed by atoms with Gasteiger partial charge in [0.1, 0.15) is 9.90 Å². The van der Waals surface area contributed by atoms with E-state index in [0.717, 1.165) is 6.07 Å². The highest BCUT2D eigenvalue weighted by atomic mass is 32.2. The van der Waals surface area contributed by atoms with Crippen molar-refractivity contribution in [3.8, 4) is 10.6 Å². The van der Waals surface area contributed by atoms with Crippen LogP contribution in [0.5, 0.6) is 0 Å². The van der Waals surface area contributed by atoms with E-state index >= 15 is 0 Å². The van der Waals surface area contributed by atoms with Crippen LogP contribution < -0.4 is 4.72 Å². The average molecular weight is 450 g/mol. The van der Waals surface area contributed by atoms with E-state index in [1.807, 2.05) is 4.72 Å². The second-order valence-corrected chi connectivity index (χ2v) is 8.68. The minimum Gasteiger partial charge on any atom is -0.351 e. The summed E-state index contributed by atoms with van der Waals surface area (Å²) in [6, 6.07) is 2.82. The average Bonchev–Trinajstić information content (AvgIpc) is 3.25. The molecule has 3 rings (SSSR count). The normalized spacial score (nSPS) is 13.1. The first-order valence-corrected chi connectivity index (χ1v) is 9.55. The van der Waals surface area contributed by atoms with Gasteiger partial charge in [-0.15, -0.1) is 21.5 Å². The topological polar surface area (TPSA) is 98.0 Å². The number of rotatable bonds is 4. The Labute approximate surface area is 153 Å². The zero-order valence-electron chi connectivity index (χ0n) is 12.3. The number of halogens is 6. The van der Waals surface area contributed by atoms with Gasteiger partial charge in [0.25, 0.3) is 10.0 Å². The van der Waals surface area contributed by atoms with E-state index in [1.165, 1.54) is 6.07 Å². The summed E-state index contributed by atoms with van der Waals surface area (Å²) in [7, 11) is -4.33. The molecule has 0 unspecified atom stereocenters.